The average Bonchev–Trinajstić information content (AvgIpc) is 3.47. The zero-order valence-electron chi connectivity index (χ0n) is 25.9. The van der Waals surface area contributed by atoms with E-state index in [0.717, 1.165) is 12.8 Å². The van der Waals surface area contributed by atoms with Gasteiger partial charge in [0, 0.05) is 16.5 Å². The molecular formula is C46H31N. The Morgan fingerprint density at radius 2 is 0.851 bits per heavy atom. The molecule has 8 aromatic carbocycles. The van der Waals surface area contributed by atoms with Gasteiger partial charge in [-0.05, 0) is 103 Å². The predicted molar refractivity (Wildman–Crippen MR) is 200 cm³/mol. The number of hydrogen-bond acceptors (Lipinski definition) is 0. The zero-order chi connectivity index (χ0) is 30.9. The molecule has 1 heterocycles. The van der Waals surface area contributed by atoms with Crippen LogP contribution in [0.4, 0.5) is 0 Å². The molecule has 1 aliphatic carbocycles. The molecule has 0 aliphatic heterocycles. The number of aromatic nitrogens is 1. The van der Waals surface area contributed by atoms with Gasteiger partial charge in [-0.1, -0.05) is 140 Å². The highest BCUT2D eigenvalue weighted by molar-refractivity contribution is 6.22. The van der Waals surface area contributed by atoms with Gasteiger partial charge in [-0.15, -0.1) is 0 Å². The van der Waals surface area contributed by atoms with E-state index in [0.29, 0.717) is 0 Å². The van der Waals surface area contributed by atoms with Crippen LogP contribution in [0, 0.1) is 0 Å². The van der Waals surface area contributed by atoms with Crippen molar-refractivity contribution in [1.82, 2.24) is 4.57 Å². The smallest absolute Gasteiger partial charge is 0.0547 e. The van der Waals surface area contributed by atoms with E-state index in [1.54, 1.807) is 0 Å². The minimum Gasteiger partial charge on any atom is -0.309 e. The summed E-state index contributed by atoms with van der Waals surface area (Å²) in [6.07, 6.45) is 2.17. The van der Waals surface area contributed by atoms with Crippen molar-refractivity contribution < 1.29 is 0 Å². The van der Waals surface area contributed by atoms with Gasteiger partial charge in [-0.2, -0.15) is 0 Å². The number of benzene rings is 8. The average molecular weight is 598 g/mol. The molecule has 0 saturated heterocycles. The third-order valence-corrected chi connectivity index (χ3v) is 10.3. The van der Waals surface area contributed by atoms with Crippen LogP contribution in [0.25, 0.3) is 82.4 Å². The highest BCUT2D eigenvalue weighted by atomic mass is 15.0. The molecule has 47 heavy (non-hydrogen) atoms. The van der Waals surface area contributed by atoms with Gasteiger partial charge in [0.2, 0.25) is 0 Å². The topological polar surface area (TPSA) is 4.93 Å². The predicted octanol–water partition coefficient (Wildman–Crippen LogP) is 12.2. The number of hydrogen-bond donors (Lipinski definition) is 0. The molecule has 0 unspecified atom stereocenters. The summed E-state index contributed by atoms with van der Waals surface area (Å²) >= 11 is 0. The van der Waals surface area contributed by atoms with Crippen molar-refractivity contribution in [3.05, 3.63) is 175 Å². The second kappa shape index (κ2) is 10.3. The van der Waals surface area contributed by atoms with Gasteiger partial charge in [0.15, 0.2) is 0 Å². The van der Waals surface area contributed by atoms with Gasteiger partial charge in [-0.25, -0.2) is 0 Å². The lowest BCUT2D eigenvalue weighted by molar-refractivity contribution is 0.942. The Bertz CT molecular complexity index is 2620. The molecule has 0 spiro atoms. The van der Waals surface area contributed by atoms with Crippen LogP contribution in [-0.2, 0) is 12.8 Å². The van der Waals surface area contributed by atoms with E-state index in [1.165, 1.54) is 93.5 Å². The Labute approximate surface area is 274 Å². The Balaban J connectivity index is 1.25. The van der Waals surface area contributed by atoms with Crippen molar-refractivity contribution in [3.8, 4) is 39.1 Å². The molecule has 1 heteroatoms. The third-order valence-electron chi connectivity index (χ3n) is 10.3. The van der Waals surface area contributed by atoms with Crippen LogP contribution in [0.2, 0.25) is 0 Å². The first-order valence-corrected chi connectivity index (χ1v) is 16.6. The Hall–Kier alpha value is -5.92. The minimum atomic E-state index is 1.07. The lowest BCUT2D eigenvalue weighted by Gasteiger charge is -2.22. The third kappa shape index (κ3) is 3.96. The first-order valence-electron chi connectivity index (χ1n) is 16.6. The highest BCUT2D eigenvalue weighted by Crippen LogP contribution is 2.46. The fraction of sp³-hybridized carbons (Fsp3) is 0.0435. The van der Waals surface area contributed by atoms with Crippen LogP contribution >= 0.6 is 0 Å². The van der Waals surface area contributed by atoms with Crippen molar-refractivity contribution in [1.29, 1.82) is 0 Å². The number of para-hydroxylation sites is 2. The van der Waals surface area contributed by atoms with Gasteiger partial charge in [0.05, 0.1) is 11.0 Å². The Kier molecular flexibility index (Phi) is 5.77. The molecular weight excluding hydrogens is 567 g/mol. The fourth-order valence-corrected chi connectivity index (χ4v) is 8.22. The first-order chi connectivity index (χ1) is 23.3. The van der Waals surface area contributed by atoms with Gasteiger partial charge in [-0.3, -0.25) is 0 Å². The van der Waals surface area contributed by atoms with Gasteiger partial charge >= 0.3 is 0 Å². The van der Waals surface area contributed by atoms with Crippen molar-refractivity contribution in [3.63, 3.8) is 0 Å². The molecule has 0 radical (unpaired) electrons. The standard InChI is InChI=1S/C46H31N/c1-2-13-34(14-3-1)47-43-21-11-10-16-37(43)38-27-25-33(29-44(38)47)46-41-19-8-6-17-39(41)45(40-18-7-9-20-42(40)46)32-24-26-36-31(28-32)23-22-30-12-4-5-15-35(30)36/h1-21,24-29H,22-23H2. The lowest BCUT2D eigenvalue weighted by Crippen LogP contribution is -2.04. The van der Waals surface area contributed by atoms with Crippen LogP contribution in [0.3, 0.4) is 0 Å². The maximum atomic E-state index is 2.46. The number of nitrogens with zero attached hydrogens (tertiary/aromatic N) is 1. The summed E-state index contributed by atoms with van der Waals surface area (Å²) < 4.78 is 2.41. The molecule has 9 aromatic rings. The number of aryl methyl sites for hydroxylation is 2. The van der Waals surface area contributed by atoms with Crippen LogP contribution in [0.1, 0.15) is 11.1 Å². The van der Waals surface area contributed by atoms with E-state index >= 15 is 0 Å². The second-order valence-corrected chi connectivity index (χ2v) is 12.8. The molecule has 0 saturated carbocycles. The molecule has 0 fully saturated rings. The monoisotopic (exact) mass is 597 g/mol. The van der Waals surface area contributed by atoms with Crippen molar-refractivity contribution in [2.24, 2.45) is 0 Å². The van der Waals surface area contributed by atoms with E-state index < -0.39 is 0 Å². The second-order valence-electron chi connectivity index (χ2n) is 12.8. The molecule has 1 aromatic heterocycles. The van der Waals surface area contributed by atoms with Crippen LogP contribution in [0.15, 0.2) is 164 Å². The maximum Gasteiger partial charge on any atom is 0.0547 e. The van der Waals surface area contributed by atoms with Crippen molar-refractivity contribution in [2.45, 2.75) is 12.8 Å². The summed E-state index contributed by atoms with van der Waals surface area (Å²) in [7, 11) is 0. The Morgan fingerprint density at radius 3 is 1.57 bits per heavy atom. The normalized spacial score (nSPS) is 12.5. The number of rotatable bonds is 3. The van der Waals surface area contributed by atoms with Crippen molar-refractivity contribution in [2.75, 3.05) is 0 Å². The zero-order valence-corrected chi connectivity index (χ0v) is 25.9. The quantitative estimate of drug-likeness (QED) is 0.179. The maximum absolute atomic E-state index is 2.46. The van der Waals surface area contributed by atoms with Crippen LogP contribution in [0.5, 0.6) is 0 Å². The summed E-state index contributed by atoms with van der Waals surface area (Å²) in [6, 6.07) is 60.6. The van der Waals surface area contributed by atoms with Gasteiger partial charge in [0.25, 0.3) is 0 Å². The highest BCUT2D eigenvalue weighted by Gasteiger charge is 2.21. The number of fused-ring (bicyclic) bond motifs is 8. The van der Waals surface area contributed by atoms with E-state index in [1.807, 2.05) is 0 Å². The lowest BCUT2D eigenvalue weighted by atomic mass is 9.82. The molecule has 0 amide bonds. The molecule has 0 atom stereocenters. The molecule has 220 valence electrons. The minimum absolute atomic E-state index is 1.07. The first kappa shape index (κ1) is 26.3. The largest absolute Gasteiger partial charge is 0.309 e. The molecule has 1 aliphatic rings. The van der Waals surface area contributed by atoms with Gasteiger partial charge < -0.3 is 4.57 Å². The SMILES string of the molecule is c1ccc(-n2c3ccccc3c3ccc(-c4c5ccccc5c(-c5ccc6c(c5)CCc5ccccc5-6)c5ccccc45)cc32)cc1. The van der Waals surface area contributed by atoms with Crippen LogP contribution < -0.4 is 0 Å². The summed E-state index contributed by atoms with van der Waals surface area (Å²) in [5.41, 5.74) is 14.4. The molecule has 1 nitrogen and oxygen atoms in total. The summed E-state index contributed by atoms with van der Waals surface area (Å²) in [4.78, 5) is 0. The molecule has 0 bridgehead atoms. The fourth-order valence-electron chi connectivity index (χ4n) is 8.22. The van der Waals surface area contributed by atoms with E-state index in [2.05, 4.69) is 168 Å². The summed E-state index contributed by atoms with van der Waals surface area (Å²) in [5, 5.41) is 7.70. The summed E-state index contributed by atoms with van der Waals surface area (Å²) in [6.45, 7) is 0. The van der Waals surface area contributed by atoms with E-state index in [4.69, 9.17) is 0 Å². The van der Waals surface area contributed by atoms with E-state index in [9.17, 15) is 0 Å². The molecule has 0 N–H and O–H groups in total. The van der Waals surface area contributed by atoms with E-state index in [-0.39, 0.29) is 0 Å². The molecule has 10 rings (SSSR count). The Morgan fingerprint density at radius 1 is 0.340 bits per heavy atom. The van der Waals surface area contributed by atoms with Crippen molar-refractivity contribution >= 4 is 43.4 Å². The van der Waals surface area contributed by atoms with Crippen LogP contribution in [-0.4, -0.2) is 4.57 Å². The van der Waals surface area contributed by atoms with Gasteiger partial charge in [0.1, 0.15) is 0 Å². The summed E-state index contributed by atoms with van der Waals surface area (Å²) in [5.74, 6) is 0.